The second kappa shape index (κ2) is 5.62. The summed E-state index contributed by atoms with van der Waals surface area (Å²) >= 11 is 0. The first-order valence-corrected chi connectivity index (χ1v) is 5.20. The molecule has 0 fully saturated rings. The number of alkyl halides is 6. The summed E-state index contributed by atoms with van der Waals surface area (Å²) in [6, 6.07) is 3.61. The molecule has 0 radical (unpaired) electrons. The van der Waals surface area contributed by atoms with Crippen molar-refractivity contribution in [1.82, 2.24) is 0 Å². The second-order valence-electron chi connectivity index (χ2n) is 3.89. The Labute approximate surface area is 113 Å². The van der Waals surface area contributed by atoms with Gasteiger partial charge in [0.2, 0.25) is 11.8 Å². The standard InChI is InChI=1S/C11H7F6NO3/c12-10(13,14)7(11(15,16)17)8(19)18-6-3-1-5(2-4-6)9(20)21/h1-4,7H,(H,18,19)(H,20,21). The monoisotopic (exact) mass is 315 g/mol. The zero-order valence-corrected chi connectivity index (χ0v) is 9.92. The van der Waals surface area contributed by atoms with Crippen LogP contribution in [-0.2, 0) is 4.79 Å². The lowest BCUT2D eigenvalue weighted by atomic mass is 10.1. The van der Waals surface area contributed by atoms with E-state index in [4.69, 9.17) is 5.11 Å². The second-order valence-corrected chi connectivity index (χ2v) is 3.89. The maximum Gasteiger partial charge on any atom is 0.409 e. The Kier molecular flexibility index (Phi) is 4.49. The molecule has 0 spiro atoms. The van der Waals surface area contributed by atoms with Crippen LogP contribution in [0.15, 0.2) is 24.3 Å². The average molecular weight is 315 g/mol. The van der Waals surface area contributed by atoms with E-state index in [-0.39, 0.29) is 11.3 Å². The van der Waals surface area contributed by atoms with Crippen LogP contribution >= 0.6 is 0 Å². The molecule has 1 amide bonds. The van der Waals surface area contributed by atoms with E-state index in [0.29, 0.717) is 0 Å². The van der Waals surface area contributed by atoms with Crippen molar-refractivity contribution in [2.24, 2.45) is 5.92 Å². The number of halogens is 6. The minimum absolute atomic E-state index is 0.240. The largest absolute Gasteiger partial charge is 0.478 e. The fourth-order valence-electron chi connectivity index (χ4n) is 1.39. The first kappa shape index (κ1) is 16.8. The molecule has 0 aromatic heterocycles. The Bertz CT molecular complexity index is 520. The van der Waals surface area contributed by atoms with Crippen molar-refractivity contribution >= 4 is 17.6 Å². The van der Waals surface area contributed by atoms with Gasteiger partial charge in [0.25, 0.3) is 0 Å². The van der Waals surface area contributed by atoms with E-state index in [1.54, 1.807) is 0 Å². The van der Waals surface area contributed by atoms with Gasteiger partial charge in [-0.3, -0.25) is 4.79 Å². The van der Waals surface area contributed by atoms with Crippen LogP contribution in [0.4, 0.5) is 32.0 Å². The van der Waals surface area contributed by atoms with Gasteiger partial charge in [0.05, 0.1) is 5.56 Å². The first-order valence-electron chi connectivity index (χ1n) is 5.20. The van der Waals surface area contributed by atoms with E-state index in [9.17, 15) is 35.9 Å². The number of amides is 1. The zero-order chi connectivity index (χ0) is 16.4. The molecule has 0 aliphatic heterocycles. The molecule has 21 heavy (non-hydrogen) atoms. The summed E-state index contributed by atoms with van der Waals surface area (Å²) in [7, 11) is 0. The van der Waals surface area contributed by atoms with Crippen LogP contribution in [-0.4, -0.2) is 29.3 Å². The first-order chi connectivity index (χ1) is 9.43. The number of carbonyl (C=O) groups is 2. The Morgan fingerprint density at radius 3 is 1.71 bits per heavy atom. The third-order valence-corrected chi connectivity index (χ3v) is 2.32. The molecule has 10 heteroatoms. The van der Waals surface area contributed by atoms with Crippen LogP contribution in [0.25, 0.3) is 0 Å². The normalized spacial score (nSPS) is 12.3. The van der Waals surface area contributed by atoms with Gasteiger partial charge in [0, 0.05) is 5.69 Å². The third kappa shape index (κ3) is 4.36. The van der Waals surface area contributed by atoms with Crippen molar-refractivity contribution in [2.75, 3.05) is 5.32 Å². The number of hydrogen-bond donors (Lipinski definition) is 2. The van der Waals surface area contributed by atoms with Crippen molar-refractivity contribution < 1.29 is 41.0 Å². The number of carboxylic acid groups (broad SMARTS) is 1. The van der Waals surface area contributed by atoms with Crippen molar-refractivity contribution in [1.29, 1.82) is 0 Å². The van der Waals surface area contributed by atoms with Gasteiger partial charge in [-0.05, 0) is 24.3 Å². The molecule has 0 aliphatic carbocycles. The summed E-state index contributed by atoms with van der Waals surface area (Å²) in [4.78, 5) is 21.7. The number of hydrogen-bond acceptors (Lipinski definition) is 2. The smallest absolute Gasteiger partial charge is 0.409 e. The van der Waals surface area contributed by atoms with Crippen LogP contribution in [0.1, 0.15) is 10.4 Å². The summed E-state index contributed by atoms with van der Waals surface area (Å²) in [5, 5.41) is 10.0. The average Bonchev–Trinajstić information content (AvgIpc) is 2.25. The van der Waals surface area contributed by atoms with Crippen molar-refractivity contribution in [3.8, 4) is 0 Å². The number of carboxylic acids is 1. The summed E-state index contributed by atoms with van der Waals surface area (Å²) < 4.78 is 73.7. The molecule has 0 atom stereocenters. The Morgan fingerprint density at radius 1 is 0.952 bits per heavy atom. The highest BCUT2D eigenvalue weighted by atomic mass is 19.4. The molecule has 0 saturated heterocycles. The summed E-state index contributed by atoms with van der Waals surface area (Å²) in [5.74, 6) is -7.79. The molecule has 1 aromatic rings. The molecule has 2 N–H and O–H groups in total. The van der Waals surface area contributed by atoms with Crippen LogP contribution < -0.4 is 5.32 Å². The van der Waals surface area contributed by atoms with E-state index >= 15 is 0 Å². The number of aromatic carboxylic acids is 1. The SMILES string of the molecule is O=C(O)c1ccc(NC(=O)C(C(F)(F)F)C(F)(F)F)cc1. The van der Waals surface area contributed by atoms with Gasteiger partial charge >= 0.3 is 18.3 Å². The van der Waals surface area contributed by atoms with Crippen LogP contribution in [0.2, 0.25) is 0 Å². The van der Waals surface area contributed by atoms with Gasteiger partial charge < -0.3 is 10.4 Å². The quantitative estimate of drug-likeness (QED) is 0.843. The molecule has 0 unspecified atom stereocenters. The predicted molar refractivity (Wildman–Crippen MR) is 57.6 cm³/mol. The Morgan fingerprint density at radius 2 is 1.38 bits per heavy atom. The molecule has 4 nitrogen and oxygen atoms in total. The Balaban J connectivity index is 2.95. The predicted octanol–water partition coefficient (Wildman–Crippen LogP) is 3.06. The highest BCUT2D eigenvalue weighted by molar-refractivity contribution is 5.94. The van der Waals surface area contributed by atoms with Gasteiger partial charge in [0.1, 0.15) is 0 Å². The lowest BCUT2D eigenvalue weighted by Crippen LogP contribution is -2.45. The van der Waals surface area contributed by atoms with E-state index in [1.807, 2.05) is 0 Å². The van der Waals surface area contributed by atoms with Crippen molar-refractivity contribution in [2.45, 2.75) is 12.4 Å². The van der Waals surface area contributed by atoms with Crippen molar-refractivity contribution in [3.63, 3.8) is 0 Å². The molecular formula is C11H7F6NO3. The van der Waals surface area contributed by atoms with Gasteiger partial charge in [0.15, 0.2) is 0 Å². The van der Waals surface area contributed by atoms with E-state index in [0.717, 1.165) is 24.3 Å². The molecule has 0 bridgehead atoms. The molecule has 116 valence electrons. The summed E-state index contributed by atoms with van der Waals surface area (Å²) in [6.45, 7) is 0. The molecule has 0 aliphatic rings. The van der Waals surface area contributed by atoms with Gasteiger partial charge in [-0.1, -0.05) is 0 Å². The maximum atomic E-state index is 12.3. The van der Waals surface area contributed by atoms with Crippen LogP contribution in [0, 0.1) is 5.92 Å². The minimum atomic E-state index is -5.79. The summed E-state index contributed by atoms with van der Waals surface area (Å²) in [6.07, 6.45) is -11.6. The fraction of sp³-hybridized carbons (Fsp3) is 0.273. The molecular weight excluding hydrogens is 308 g/mol. The van der Waals surface area contributed by atoms with E-state index < -0.39 is 30.1 Å². The zero-order valence-electron chi connectivity index (χ0n) is 9.92. The van der Waals surface area contributed by atoms with Gasteiger partial charge in [-0.25, -0.2) is 4.79 Å². The lowest BCUT2D eigenvalue weighted by molar-refractivity contribution is -0.272. The third-order valence-electron chi connectivity index (χ3n) is 2.32. The molecule has 1 rings (SSSR count). The fourth-order valence-corrected chi connectivity index (χ4v) is 1.39. The van der Waals surface area contributed by atoms with Gasteiger partial charge in [-0.15, -0.1) is 0 Å². The number of anilines is 1. The Hall–Kier alpha value is -2.26. The lowest BCUT2D eigenvalue weighted by Gasteiger charge is -2.22. The van der Waals surface area contributed by atoms with E-state index in [2.05, 4.69) is 0 Å². The molecule has 0 saturated carbocycles. The highest BCUT2D eigenvalue weighted by Crippen LogP contribution is 2.39. The maximum absolute atomic E-state index is 12.3. The van der Waals surface area contributed by atoms with Crippen molar-refractivity contribution in [3.05, 3.63) is 29.8 Å². The highest BCUT2D eigenvalue weighted by Gasteiger charge is 2.61. The van der Waals surface area contributed by atoms with Gasteiger partial charge in [-0.2, -0.15) is 26.3 Å². The minimum Gasteiger partial charge on any atom is -0.478 e. The molecule has 1 aromatic carbocycles. The van der Waals surface area contributed by atoms with Crippen LogP contribution in [0.3, 0.4) is 0 Å². The molecule has 0 heterocycles. The number of rotatable bonds is 3. The summed E-state index contributed by atoms with van der Waals surface area (Å²) in [5.41, 5.74) is -0.625. The number of carbonyl (C=O) groups excluding carboxylic acids is 1. The number of benzene rings is 1. The van der Waals surface area contributed by atoms with Crippen LogP contribution in [0.5, 0.6) is 0 Å². The number of nitrogens with one attached hydrogen (secondary N) is 1. The van der Waals surface area contributed by atoms with E-state index in [1.165, 1.54) is 5.32 Å². The topological polar surface area (TPSA) is 66.4 Å².